The van der Waals surface area contributed by atoms with Crippen molar-refractivity contribution >= 4 is 5.78 Å². The van der Waals surface area contributed by atoms with E-state index in [0.717, 1.165) is 37.9 Å². The van der Waals surface area contributed by atoms with Crippen LogP contribution in [0.1, 0.15) is 66.2 Å². The van der Waals surface area contributed by atoms with Crippen molar-refractivity contribution in [3.63, 3.8) is 0 Å². The number of hydrogen-bond donors (Lipinski definition) is 2. The Morgan fingerprint density at radius 1 is 1.45 bits per heavy atom. The summed E-state index contributed by atoms with van der Waals surface area (Å²) in [5.74, 6) is 0.566. The molecule has 2 N–H and O–H groups in total. The molecule has 0 aromatic carbocycles. The number of allylic oxidation sites excluding steroid dienone is 2. The van der Waals surface area contributed by atoms with Crippen LogP contribution in [0.5, 0.6) is 0 Å². The molecule has 126 valence electrons. The van der Waals surface area contributed by atoms with Crippen molar-refractivity contribution in [2.24, 2.45) is 11.3 Å². The lowest BCUT2D eigenvalue weighted by molar-refractivity contribution is -0.121. The molecule has 22 heavy (non-hydrogen) atoms. The first-order valence-corrected chi connectivity index (χ1v) is 8.56. The lowest BCUT2D eigenvalue weighted by Gasteiger charge is -2.35. The third kappa shape index (κ3) is 5.96. The maximum atomic E-state index is 12.5. The molecule has 3 heteroatoms. The Hall–Kier alpha value is -1.09. The molecule has 1 unspecified atom stereocenters. The van der Waals surface area contributed by atoms with Gasteiger partial charge < -0.3 is 10.4 Å². The van der Waals surface area contributed by atoms with Gasteiger partial charge in [0.05, 0.1) is 6.10 Å². The van der Waals surface area contributed by atoms with Crippen LogP contribution in [0.4, 0.5) is 0 Å². The fourth-order valence-electron chi connectivity index (χ4n) is 3.12. The van der Waals surface area contributed by atoms with Crippen LogP contribution in [0.15, 0.2) is 23.9 Å². The maximum Gasteiger partial charge on any atom is 0.163 e. The number of nitrogens with one attached hydrogen (secondary N) is 1. The summed E-state index contributed by atoms with van der Waals surface area (Å²) in [7, 11) is 0. The highest BCUT2D eigenvalue weighted by Gasteiger charge is 2.37. The zero-order chi connectivity index (χ0) is 16.8. The fourth-order valence-corrected chi connectivity index (χ4v) is 3.12. The lowest BCUT2D eigenvalue weighted by Crippen LogP contribution is -2.37. The minimum atomic E-state index is -0.634. The highest BCUT2D eigenvalue weighted by molar-refractivity contribution is 5.98. The molecule has 3 nitrogen and oxygen atoms in total. The van der Waals surface area contributed by atoms with Crippen LogP contribution >= 0.6 is 0 Å². The predicted molar refractivity (Wildman–Crippen MR) is 92.6 cm³/mol. The number of Topliss-reactive ketones (excluding diaryl/α,β-unsaturated/α-hetero) is 1. The molecule has 0 aromatic rings. The summed E-state index contributed by atoms with van der Waals surface area (Å²) in [6, 6.07) is 0. The number of carbonyl (C=O) groups is 1. The van der Waals surface area contributed by atoms with E-state index in [1.165, 1.54) is 0 Å². The molecule has 0 radical (unpaired) electrons. The molecule has 1 aliphatic rings. The SMILES string of the molecule is C=CCCCCN/C(CC(C)C)=C1/C(=O)CC(C)(C)CC1O. The van der Waals surface area contributed by atoms with Crippen molar-refractivity contribution in [3.05, 3.63) is 23.9 Å². The number of aliphatic hydroxyl groups excluding tert-OH is 1. The molecule has 1 saturated carbocycles. The standard InChI is InChI=1S/C19H33NO2/c1-6-7-8-9-10-20-15(11-14(2)3)18-16(21)12-19(4,5)13-17(18)22/h6,14,16,20-21H,1,7-13H2,2-5H3/b18-15+. The van der Waals surface area contributed by atoms with E-state index in [2.05, 4.69) is 39.6 Å². The van der Waals surface area contributed by atoms with Gasteiger partial charge in [0.25, 0.3) is 0 Å². The van der Waals surface area contributed by atoms with E-state index in [0.29, 0.717) is 24.3 Å². The lowest BCUT2D eigenvalue weighted by atomic mass is 9.72. The fraction of sp³-hybridized carbons (Fsp3) is 0.737. The van der Waals surface area contributed by atoms with Crippen LogP contribution in [0.2, 0.25) is 0 Å². The van der Waals surface area contributed by atoms with Gasteiger partial charge in [-0.05, 0) is 43.4 Å². The summed E-state index contributed by atoms with van der Waals surface area (Å²) in [5, 5.41) is 13.9. The quantitative estimate of drug-likeness (QED) is 0.405. The average molecular weight is 307 g/mol. The van der Waals surface area contributed by atoms with E-state index in [-0.39, 0.29) is 11.2 Å². The Labute approximate surface area is 135 Å². The van der Waals surface area contributed by atoms with Gasteiger partial charge in [0.15, 0.2) is 5.78 Å². The van der Waals surface area contributed by atoms with E-state index >= 15 is 0 Å². The van der Waals surface area contributed by atoms with Gasteiger partial charge in [-0.2, -0.15) is 0 Å². The Bertz CT molecular complexity index is 421. The summed E-state index contributed by atoms with van der Waals surface area (Å²) in [6.45, 7) is 13.0. The molecule has 1 fully saturated rings. The molecule has 0 saturated heterocycles. The zero-order valence-electron chi connectivity index (χ0n) is 14.7. The van der Waals surface area contributed by atoms with Crippen LogP contribution in [0.25, 0.3) is 0 Å². The Morgan fingerprint density at radius 2 is 2.14 bits per heavy atom. The monoisotopic (exact) mass is 307 g/mol. The first kappa shape index (κ1) is 19.0. The maximum absolute atomic E-state index is 12.5. The summed E-state index contributed by atoms with van der Waals surface area (Å²) in [4.78, 5) is 12.5. The average Bonchev–Trinajstić information content (AvgIpc) is 2.35. The third-order valence-electron chi connectivity index (χ3n) is 4.13. The van der Waals surface area contributed by atoms with Crippen molar-refractivity contribution in [1.29, 1.82) is 0 Å². The van der Waals surface area contributed by atoms with E-state index in [1.54, 1.807) is 0 Å². The number of ketones is 1. The van der Waals surface area contributed by atoms with E-state index in [9.17, 15) is 9.90 Å². The predicted octanol–water partition coefficient (Wildman–Crippen LogP) is 3.98. The highest BCUT2D eigenvalue weighted by Crippen LogP contribution is 2.37. The molecule has 0 heterocycles. The minimum Gasteiger partial charge on any atom is -0.388 e. The molecule has 0 amide bonds. The summed E-state index contributed by atoms with van der Waals surface area (Å²) < 4.78 is 0. The van der Waals surface area contributed by atoms with Crippen molar-refractivity contribution in [2.75, 3.05) is 6.54 Å². The molecular formula is C19H33NO2. The molecule has 0 aliphatic heterocycles. The summed E-state index contributed by atoms with van der Waals surface area (Å²) in [6.07, 6.45) is 6.48. The number of carbonyl (C=O) groups excluding carboxylic acids is 1. The first-order valence-electron chi connectivity index (χ1n) is 8.56. The van der Waals surface area contributed by atoms with Gasteiger partial charge in [0, 0.05) is 24.2 Å². The Balaban J connectivity index is 2.83. The first-order chi connectivity index (χ1) is 10.3. The Kier molecular flexibility index (Phi) is 7.34. The molecule has 1 aliphatic carbocycles. The number of aliphatic hydroxyl groups is 1. The van der Waals surface area contributed by atoms with Crippen molar-refractivity contribution in [2.45, 2.75) is 72.3 Å². The van der Waals surface area contributed by atoms with Crippen LogP contribution in [-0.2, 0) is 4.79 Å². The largest absolute Gasteiger partial charge is 0.388 e. The van der Waals surface area contributed by atoms with Gasteiger partial charge in [-0.15, -0.1) is 6.58 Å². The smallest absolute Gasteiger partial charge is 0.163 e. The van der Waals surface area contributed by atoms with Gasteiger partial charge in [-0.1, -0.05) is 33.8 Å². The number of unbranched alkanes of at least 4 members (excludes halogenated alkanes) is 2. The van der Waals surface area contributed by atoms with Crippen LogP contribution in [0, 0.1) is 11.3 Å². The minimum absolute atomic E-state index is 0.104. The molecule has 0 bridgehead atoms. The normalized spacial score (nSPS) is 23.5. The van der Waals surface area contributed by atoms with Gasteiger partial charge in [0.2, 0.25) is 0 Å². The van der Waals surface area contributed by atoms with E-state index in [4.69, 9.17) is 0 Å². The molecule has 1 rings (SSSR count). The van der Waals surface area contributed by atoms with E-state index in [1.807, 2.05) is 6.08 Å². The third-order valence-corrected chi connectivity index (χ3v) is 4.13. The van der Waals surface area contributed by atoms with Crippen LogP contribution in [0.3, 0.4) is 0 Å². The highest BCUT2D eigenvalue weighted by atomic mass is 16.3. The van der Waals surface area contributed by atoms with Gasteiger partial charge in [0.1, 0.15) is 0 Å². The van der Waals surface area contributed by atoms with Gasteiger partial charge in [-0.25, -0.2) is 0 Å². The number of hydrogen-bond acceptors (Lipinski definition) is 3. The van der Waals surface area contributed by atoms with Gasteiger partial charge in [-0.3, -0.25) is 4.79 Å². The number of rotatable bonds is 8. The van der Waals surface area contributed by atoms with E-state index < -0.39 is 6.10 Å². The topological polar surface area (TPSA) is 49.3 Å². The van der Waals surface area contributed by atoms with Crippen molar-refractivity contribution < 1.29 is 9.90 Å². The Morgan fingerprint density at radius 3 is 2.68 bits per heavy atom. The van der Waals surface area contributed by atoms with Crippen molar-refractivity contribution in [1.82, 2.24) is 5.32 Å². The van der Waals surface area contributed by atoms with Crippen molar-refractivity contribution in [3.8, 4) is 0 Å². The second-order valence-electron chi connectivity index (χ2n) is 7.69. The molecule has 1 atom stereocenters. The van der Waals surface area contributed by atoms with Crippen LogP contribution < -0.4 is 5.32 Å². The second-order valence-corrected chi connectivity index (χ2v) is 7.69. The van der Waals surface area contributed by atoms with Gasteiger partial charge >= 0.3 is 0 Å². The zero-order valence-corrected chi connectivity index (χ0v) is 14.7. The molecule has 0 spiro atoms. The summed E-state index contributed by atoms with van der Waals surface area (Å²) >= 11 is 0. The second kappa shape index (κ2) is 8.52. The molecule has 0 aromatic heterocycles. The molecular weight excluding hydrogens is 274 g/mol. The van der Waals surface area contributed by atoms with Crippen LogP contribution in [-0.4, -0.2) is 23.5 Å². The summed E-state index contributed by atoms with van der Waals surface area (Å²) in [5.41, 5.74) is 1.49.